The topological polar surface area (TPSA) is 100 Å². The first kappa shape index (κ1) is 21.2. The molecule has 1 unspecified atom stereocenters. The van der Waals surface area contributed by atoms with Crippen LogP contribution >= 0.6 is 0 Å². The van der Waals surface area contributed by atoms with Gasteiger partial charge in [0.1, 0.15) is 0 Å². The van der Waals surface area contributed by atoms with Gasteiger partial charge in [0.25, 0.3) is 5.91 Å². The number of nitrogens with one attached hydrogen (secondary N) is 1. The highest BCUT2D eigenvalue weighted by Gasteiger charge is 2.32. The van der Waals surface area contributed by atoms with Gasteiger partial charge < -0.3 is 24.3 Å². The Hall–Kier alpha value is -3.55. The summed E-state index contributed by atoms with van der Waals surface area (Å²) in [4.78, 5) is 37.4. The first-order valence-electron chi connectivity index (χ1n) is 9.39. The molecule has 3 rings (SSSR count). The standard InChI is InChI=1S/C22H23NO7/c1-5-12-6-7-14-13(8-12)9-19(30-22(14)26)20(24)23-16-11-18(28-3)17(27-2)10-15(16)21(25)29-4/h6-8,10-11,19H,5,9H2,1-4H3,(H,23,24). The smallest absolute Gasteiger partial charge is 0.340 e. The lowest BCUT2D eigenvalue weighted by Gasteiger charge is -2.25. The Kier molecular flexibility index (Phi) is 6.25. The summed E-state index contributed by atoms with van der Waals surface area (Å²) in [6, 6.07) is 8.36. The lowest BCUT2D eigenvalue weighted by atomic mass is 9.95. The van der Waals surface area contributed by atoms with E-state index in [2.05, 4.69) is 5.32 Å². The summed E-state index contributed by atoms with van der Waals surface area (Å²) in [7, 11) is 4.10. The van der Waals surface area contributed by atoms with Crippen LogP contribution in [0.2, 0.25) is 0 Å². The summed E-state index contributed by atoms with van der Waals surface area (Å²) in [5.41, 5.74) is 2.52. The minimum atomic E-state index is -1.03. The van der Waals surface area contributed by atoms with E-state index in [1.54, 1.807) is 6.07 Å². The van der Waals surface area contributed by atoms with Crippen LogP contribution in [0, 0.1) is 0 Å². The Morgan fingerprint density at radius 3 is 2.43 bits per heavy atom. The Morgan fingerprint density at radius 2 is 1.80 bits per heavy atom. The van der Waals surface area contributed by atoms with E-state index in [0.29, 0.717) is 17.1 Å². The van der Waals surface area contributed by atoms with Crippen molar-refractivity contribution in [1.29, 1.82) is 0 Å². The number of methoxy groups -OCH3 is 3. The van der Waals surface area contributed by atoms with E-state index in [1.165, 1.54) is 33.5 Å². The van der Waals surface area contributed by atoms with Gasteiger partial charge in [-0.1, -0.05) is 19.1 Å². The second kappa shape index (κ2) is 8.86. The number of benzene rings is 2. The first-order chi connectivity index (χ1) is 14.4. The Labute approximate surface area is 174 Å². The number of carbonyl (C=O) groups is 3. The molecule has 1 heterocycles. The third kappa shape index (κ3) is 4.07. The number of cyclic esters (lactones) is 1. The van der Waals surface area contributed by atoms with E-state index in [-0.39, 0.29) is 17.7 Å². The molecule has 1 aliphatic heterocycles. The molecule has 0 radical (unpaired) electrons. The third-order valence-corrected chi connectivity index (χ3v) is 4.93. The number of anilines is 1. The maximum atomic E-state index is 12.9. The van der Waals surface area contributed by atoms with Gasteiger partial charge in [-0.15, -0.1) is 0 Å². The van der Waals surface area contributed by atoms with Crippen molar-refractivity contribution in [2.75, 3.05) is 26.6 Å². The highest BCUT2D eigenvalue weighted by molar-refractivity contribution is 6.05. The zero-order chi connectivity index (χ0) is 21.8. The molecule has 2 aromatic carbocycles. The lowest BCUT2D eigenvalue weighted by molar-refractivity contribution is -0.125. The summed E-state index contributed by atoms with van der Waals surface area (Å²) in [6.07, 6.45) is 0.0188. The lowest BCUT2D eigenvalue weighted by Crippen LogP contribution is -2.38. The van der Waals surface area contributed by atoms with Crippen molar-refractivity contribution >= 4 is 23.5 Å². The number of fused-ring (bicyclic) bond motifs is 1. The predicted octanol–water partition coefficient (Wildman–Crippen LogP) is 2.77. The van der Waals surface area contributed by atoms with Crippen molar-refractivity contribution in [2.45, 2.75) is 25.9 Å². The number of amides is 1. The molecular formula is C22H23NO7. The summed E-state index contributed by atoms with van der Waals surface area (Å²) in [5.74, 6) is -1.15. The zero-order valence-electron chi connectivity index (χ0n) is 17.2. The van der Waals surface area contributed by atoms with Gasteiger partial charge in [-0.3, -0.25) is 4.79 Å². The van der Waals surface area contributed by atoms with Crippen LogP contribution in [0.15, 0.2) is 30.3 Å². The van der Waals surface area contributed by atoms with Crippen molar-refractivity contribution in [3.8, 4) is 11.5 Å². The van der Waals surface area contributed by atoms with E-state index < -0.39 is 23.9 Å². The quantitative estimate of drug-likeness (QED) is 0.727. The minimum Gasteiger partial charge on any atom is -0.493 e. The molecule has 0 aliphatic carbocycles. The Morgan fingerprint density at radius 1 is 1.10 bits per heavy atom. The summed E-state index contributed by atoms with van der Waals surface area (Å²) < 4.78 is 20.6. The number of carbonyl (C=O) groups excluding carboxylic acids is 3. The van der Waals surface area contributed by atoms with Gasteiger partial charge in [0.15, 0.2) is 17.6 Å². The molecule has 0 bridgehead atoms. The van der Waals surface area contributed by atoms with E-state index in [9.17, 15) is 14.4 Å². The van der Waals surface area contributed by atoms with E-state index in [1.807, 2.05) is 19.1 Å². The largest absolute Gasteiger partial charge is 0.493 e. The second-order valence-electron chi connectivity index (χ2n) is 6.68. The normalized spacial score (nSPS) is 14.9. The number of hydrogen-bond acceptors (Lipinski definition) is 7. The van der Waals surface area contributed by atoms with Gasteiger partial charge in [-0.2, -0.15) is 0 Å². The summed E-state index contributed by atoms with van der Waals surface area (Å²) >= 11 is 0. The highest BCUT2D eigenvalue weighted by atomic mass is 16.5. The van der Waals surface area contributed by atoms with Crippen molar-refractivity contribution < 1.29 is 33.3 Å². The second-order valence-corrected chi connectivity index (χ2v) is 6.68. The van der Waals surface area contributed by atoms with Crippen molar-refractivity contribution in [3.05, 3.63) is 52.6 Å². The Balaban J connectivity index is 1.90. The average molecular weight is 413 g/mol. The molecule has 0 saturated carbocycles. The molecule has 8 nitrogen and oxygen atoms in total. The first-order valence-corrected chi connectivity index (χ1v) is 9.39. The maximum Gasteiger partial charge on any atom is 0.340 e. The third-order valence-electron chi connectivity index (χ3n) is 4.93. The molecular weight excluding hydrogens is 390 g/mol. The fraction of sp³-hybridized carbons (Fsp3) is 0.318. The molecule has 1 aliphatic rings. The monoisotopic (exact) mass is 413 g/mol. The SMILES string of the molecule is CCc1ccc2c(c1)CC(C(=O)Nc1cc(OC)c(OC)cc1C(=O)OC)OC2=O. The minimum absolute atomic E-state index is 0.0827. The molecule has 30 heavy (non-hydrogen) atoms. The fourth-order valence-electron chi connectivity index (χ4n) is 3.29. The molecule has 0 saturated heterocycles. The number of ether oxygens (including phenoxy) is 4. The van der Waals surface area contributed by atoms with E-state index >= 15 is 0 Å². The summed E-state index contributed by atoms with van der Waals surface area (Å²) in [5, 5.41) is 2.65. The molecule has 8 heteroatoms. The molecule has 158 valence electrons. The average Bonchev–Trinajstić information content (AvgIpc) is 2.77. The number of aryl methyl sites for hydroxylation is 1. The molecule has 1 amide bonds. The van der Waals surface area contributed by atoms with Crippen LogP contribution in [0.5, 0.6) is 11.5 Å². The molecule has 1 atom stereocenters. The molecule has 0 aromatic heterocycles. The van der Waals surface area contributed by atoms with Gasteiger partial charge in [0.2, 0.25) is 0 Å². The van der Waals surface area contributed by atoms with Crippen LogP contribution in [0.3, 0.4) is 0 Å². The van der Waals surface area contributed by atoms with Gasteiger partial charge in [-0.25, -0.2) is 9.59 Å². The van der Waals surface area contributed by atoms with Crippen LogP contribution in [0.1, 0.15) is 38.8 Å². The van der Waals surface area contributed by atoms with Crippen LogP contribution in [0.4, 0.5) is 5.69 Å². The van der Waals surface area contributed by atoms with Crippen LogP contribution < -0.4 is 14.8 Å². The van der Waals surface area contributed by atoms with Gasteiger partial charge >= 0.3 is 11.9 Å². The molecule has 2 aromatic rings. The number of esters is 2. The van der Waals surface area contributed by atoms with E-state index in [4.69, 9.17) is 18.9 Å². The number of rotatable bonds is 6. The van der Waals surface area contributed by atoms with Crippen molar-refractivity contribution in [3.63, 3.8) is 0 Å². The van der Waals surface area contributed by atoms with Crippen molar-refractivity contribution in [2.24, 2.45) is 0 Å². The van der Waals surface area contributed by atoms with Crippen LogP contribution in [0.25, 0.3) is 0 Å². The van der Waals surface area contributed by atoms with Crippen molar-refractivity contribution in [1.82, 2.24) is 0 Å². The predicted molar refractivity (Wildman–Crippen MR) is 108 cm³/mol. The molecule has 0 spiro atoms. The Bertz CT molecular complexity index is 999. The molecule has 0 fully saturated rings. The molecule has 1 N–H and O–H groups in total. The van der Waals surface area contributed by atoms with E-state index in [0.717, 1.165) is 17.5 Å². The fourth-order valence-corrected chi connectivity index (χ4v) is 3.29. The van der Waals surface area contributed by atoms with Crippen LogP contribution in [-0.4, -0.2) is 45.3 Å². The zero-order valence-corrected chi connectivity index (χ0v) is 17.2. The summed E-state index contributed by atoms with van der Waals surface area (Å²) in [6.45, 7) is 2.01. The van der Waals surface area contributed by atoms with Gasteiger partial charge in [0, 0.05) is 18.6 Å². The van der Waals surface area contributed by atoms with Gasteiger partial charge in [-0.05, 0) is 23.6 Å². The highest BCUT2D eigenvalue weighted by Crippen LogP contribution is 2.34. The van der Waals surface area contributed by atoms with Gasteiger partial charge in [0.05, 0.1) is 38.1 Å². The van der Waals surface area contributed by atoms with Crippen LogP contribution in [-0.2, 0) is 27.1 Å². The maximum absolute atomic E-state index is 12.9. The number of hydrogen-bond donors (Lipinski definition) is 1.